The Morgan fingerprint density at radius 2 is 0.750 bits per heavy atom. The van der Waals surface area contributed by atoms with E-state index in [0.717, 1.165) is 0 Å². The normalized spacial score (nSPS) is 33.1. The molecule has 3 rings (SSSR count). The maximum absolute atomic E-state index is 13.0. The number of unbranched alkanes of at least 4 members (excludes halogenated alkanes) is 3. The number of aliphatic hydroxyl groups is 9. The molecule has 0 aromatic carbocycles. The SMILES string of the molecule is CC(C)CC(COCC(=O)CCCCO[C@@H]1CC(CO)[C@H](O)[C@H](O)C1C)(COCC(=O)CCCCO[C@@H]1CC(CO)[C@H](O)[C@H](O)C1C)COCC(=O)CCCCO[C@@H]1CC(CO)[C@H](O)[C@H](O)C1C. The predicted octanol–water partition coefficient (Wildman–Crippen LogP) is 1.55. The first-order valence-electron chi connectivity index (χ1n) is 25.4. The first-order chi connectivity index (χ1) is 32.4. The van der Waals surface area contributed by atoms with Crippen LogP contribution in [0.15, 0.2) is 0 Å². The molecule has 3 aliphatic carbocycles. The zero-order chi connectivity index (χ0) is 50.4. The second-order valence-electron chi connectivity index (χ2n) is 20.8. The van der Waals surface area contributed by atoms with Crippen LogP contribution in [0.4, 0.5) is 0 Å². The second-order valence-corrected chi connectivity index (χ2v) is 20.8. The van der Waals surface area contributed by atoms with Gasteiger partial charge < -0.3 is 74.4 Å². The van der Waals surface area contributed by atoms with Gasteiger partial charge in [0, 0.05) is 99.8 Å². The first-order valence-corrected chi connectivity index (χ1v) is 25.4. The lowest BCUT2D eigenvalue weighted by atomic mass is 9.77. The number of rotatable bonds is 35. The molecule has 0 spiro atoms. The summed E-state index contributed by atoms with van der Waals surface area (Å²) in [7, 11) is 0. The molecule has 68 heavy (non-hydrogen) atoms. The minimum Gasteiger partial charge on any atom is -0.396 e. The number of Topliss-reactive ketones (excluding diaryl/α,β-unsaturated/α-hetero) is 3. The summed E-state index contributed by atoms with van der Waals surface area (Å²) < 4.78 is 36.1. The fraction of sp³-hybridized carbons (Fsp3) is 0.940. The molecule has 18 heteroatoms. The van der Waals surface area contributed by atoms with E-state index < -0.39 is 59.8 Å². The van der Waals surface area contributed by atoms with Gasteiger partial charge in [-0.3, -0.25) is 14.4 Å². The first kappa shape index (κ1) is 60.7. The molecule has 0 aliphatic heterocycles. The molecule has 3 saturated carbocycles. The number of ketones is 3. The van der Waals surface area contributed by atoms with Crippen molar-refractivity contribution in [2.24, 2.45) is 46.8 Å². The van der Waals surface area contributed by atoms with E-state index >= 15 is 0 Å². The molecule has 0 bridgehead atoms. The van der Waals surface area contributed by atoms with E-state index in [1.54, 1.807) is 0 Å². The van der Waals surface area contributed by atoms with Gasteiger partial charge in [0.2, 0.25) is 0 Å². The van der Waals surface area contributed by atoms with Crippen molar-refractivity contribution in [3.05, 3.63) is 0 Å². The average molecular weight is 979 g/mol. The van der Waals surface area contributed by atoms with E-state index in [-0.39, 0.29) is 138 Å². The molecule has 0 aromatic heterocycles. The number of hydrogen-bond donors (Lipinski definition) is 9. The Morgan fingerprint density at radius 1 is 0.471 bits per heavy atom. The fourth-order valence-corrected chi connectivity index (χ4v) is 10.1. The van der Waals surface area contributed by atoms with Gasteiger partial charge in [-0.2, -0.15) is 0 Å². The van der Waals surface area contributed by atoms with Gasteiger partial charge >= 0.3 is 0 Å². The summed E-state index contributed by atoms with van der Waals surface area (Å²) in [5, 5.41) is 90.5. The number of carbonyl (C=O) groups is 3. The standard InChI is InChI=1S/C50H90O18/c1-31(2)21-50(28-63-25-38(54)12-6-9-15-66-41-18-35(22-51)47(60)44(57)32(41)3,29-64-26-39(55)13-7-10-16-67-42-19-36(23-52)48(61)45(58)33(42)4)30-65-27-40(56)14-8-11-17-68-43-20-37(24-53)49(62)46(59)34(43)5/h31-37,41-49,51-53,57-62H,6-30H2,1-5H3/t32?,33?,34?,35?,36?,37?,41-,42-,43-,44-,45-,46-,47+,48+,49+,50?/m1/s1. The van der Waals surface area contributed by atoms with Crippen molar-refractivity contribution in [3.8, 4) is 0 Å². The van der Waals surface area contributed by atoms with Gasteiger partial charge in [0.1, 0.15) is 19.8 Å². The van der Waals surface area contributed by atoms with Gasteiger partial charge in [0.15, 0.2) is 17.3 Å². The number of aliphatic hydroxyl groups excluding tert-OH is 9. The summed E-state index contributed by atoms with van der Waals surface area (Å²) in [6.07, 6.45) is -0.819. The van der Waals surface area contributed by atoms with Crippen LogP contribution in [0.2, 0.25) is 0 Å². The molecule has 0 radical (unpaired) electrons. The van der Waals surface area contributed by atoms with E-state index in [4.69, 9.17) is 28.4 Å². The van der Waals surface area contributed by atoms with E-state index in [1.165, 1.54) is 0 Å². The monoisotopic (exact) mass is 979 g/mol. The molecular formula is C50H90O18. The Morgan fingerprint density at radius 3 is 1.00 bits per heavy atom. The summed E-state index contributed by atoms with van der Waals surface area (Å²) in [5.41, 5.74) is -0.783. The van der Waals surface area contributed by atoms with Gasteiger partial charge in [-0.05, 0) is 70.1 Å². The lowest BCUT2D eigenvalue weighted by Gasteiger charge is -2.40. The highest BCUT2D eigenvalue weighted by Crippen LogP contribution is 2.35. The highest BCUT2D eigenvalue weighted by atomic mass is 16.5. The topological polar surface area (TPSA) is 289 Å². The van der Waals surface area contributed by atoms with Crippen LogP contribution in [0.1, 0.15) is 118 Å². The molecule has 0 heterocycles. The van der Waals surface area contributed by atoms with Crippen molar-refractivity contribution >= 4 is 17.3 Å². The molecule has 18 nitrogen and oxygen atoms in total. The van der Waals surface area contributed by atoms with Gasteiger partial charge in [0.05, 0.1) is 74.8 Å². The molecular weight excluding hydrogens is 889 g/mol. The molecule has 15 atom stereocenters. The largest absolute Gasteiger partial charge is 0.396 e. The maximum atomic E-state index is 13.0. The Kier molecular flexibility index (Phi) is 28.4. The van der Waals surface area contributed by atoms with Crippen molar-refractivity contribution in [2.45, 2.75) is 173 Å². The number of carbonyl (C=O) groups excluding carboxylic acids is 3. The van der Waals surface area contributed by atoms with Gasteiger partial charge in [-0.25, -0.2) is 0 Å². The van der Waals surface area contributed by atoms with E-state index in [2.05, 4.69) is 0 Å². The molecule has 9 N–H and O–H groups in total. The predicted molar refractivity (Wildman–Crippen MR) is 249 cm³/mol. The highest BCUT2D eigenvalue weighted by molar-refractivity contribution is 5.80. The minimum atomic E-state index is -0.998. The lowest BCUT2D eigenvalue weighted by Crippen LogP contribution is -2.50. The van der Waals surface area contributed by atoms with Crippen molar-refractivity contribution in [2.75, 3.05) is 79.3 Å². The van der Waals surface area contributed by atoms with Crippen LogP contribution < -0.4 is 0 Å². The number of hydrogen-bond acceptors (Lipinski definition) is 18. The molecule has 0 aromatic rings. The molecule has 0 saturated heterocycles. The van der Waals surface area contributed by atoms with Crippen LogP contribution in [0.3, 0.4) is 0 Å². The molecule has 0 amide bonds. The van der Waals surface area contributed by atoms with Crippen LogP contribution in [0.5, 0.6) is 0 Å². The quantitative estimate of drug-likeness (QED) is 0.0407. The van der Waals surface area contributed by atoms with Crippen LogP contribution in [-0.4, -0.2) is 198 Å². The Bertz CT molecular complexity index is 1260. The van der Waals surface area contributed by atoms with Crippen LogP contribution in [0.25, 0.3) is 0 Å². The Balaban J connectivity index is 1.48. The van der Waals surface area contributed by atoms with Crippen molar-refractivity contribution < 1.29 is 88.8 Å². The van der Waals surface area contributed by atoms with E-state index in [0.29, 0.717) is 84.0 Å². The number of ether oxygens (including phenoxy) is 6. The molecule has 3 aliphatic rings. The van der Waals surface area contributed by atoms with Crippen LogP contribution in [-0.2, 0) is 42.8 Å². The third kappa shape index (κ3) is 19.8. The molecule has 6 unspecified atom stereocenters. The zero-order valence-electron chi connectivity index (χ0n) is 41.6. The summed E-state index contributed by atoms with van der Waals surface area (Å²) in [4.78, 5) is 38.9. The van der Waals surface area contributed by atoms with Crippen LogP contribution in [0, 0.1) is 46.8 Å². The van der Waals surface area contributed by atoms with Crippen molar-refractivity contribution in [3.63, 3.8) is 0 Å². The summed E-state index contributed by atoms with van der Waals surface area (Å²) >= 11 is 0. The summed E-state index contributed by atoms with van der Waals surface area (Å²) in [6.45, 7) is 9.65. The minimum absolute atomic E-state index is 0.0851. The summed E-state index contributed by atoms with van der Waals surface area (Å²) in [5.74, 6) is -2.44. The maximum Gasteiger partial charge on any atom is 0.158 e. The average Bonchev–Trinajstić information content (AvgIpc) is 3.30. The van der Waals surface area contributed by atoms with Gasteiger partial charge in [0.25, 0.3) is 0 Å². The third-order valence-corrected chi connectivity index (χ3v) is 14.6. The van der Waals surface area contributed by atoms with Crippen LogP contribution >= 0.6 is 0 Å². The van der Waals surface area contributed by atoms with Gasteiger partial charge in [-0.15, -0.1) is 0 Å². The smallest absolute Gasteiger partial charge is 0.158 e. The third-order valence-electron chi connectivity index (χ3n) is 14.6. The van der Waals surface area contributed by atoms with Crippen molar-refractivity contribution in [1.29, 1.82) is 0 Å². The zero-order valence-corrected chi connectivity index (χ0v) is 41.6. The summed E-state index contributed by atoms with van der Waals surface area (Å²) in [6, 6.07) is 0. The lowest BCUT2D eigenvalue weighted by molar-refractivity contribution is -0.144. The molecule has 3 fully saturated rings. The van der Waals surface area contributed by atoms with Gasteiger partial charge in [-0.1, -0.05) is 34.6 Å². The van der Waals surface area contributed by atoms with Crippen molar-refractivity contribution in [1.82, 2.24) is 0 Å². The fourth-order valence-electron chi connectivity index (χ4n) is 10.1. The highest BCUT2D eigenvalue weighted by Gasteiger charge is 2.43. The van der Waals surface area contributed by atoms with E-state index in [1.807, 2.05) is 34.6 Å². The second kappa shape index (κ2) is 31.8. The Labute approximate surface area is 404 Å². The Hall–Kier alpha value is -1.59. The van der Waals surface area contributed by atoms with E-state index in [9.17, 15) is 60.3 Å². The molecule has 398 valence electrons.